The zero-order chi connectivity index (χ0) is 13.9. The first-order valence-corrected chi connectivity index (χ1v) is 8.34. The maximum absolute atomic E-state index is 5.90. The van der Waals surface area contributed by atoms with E-state index in [1.165, 1.54) is 40.8 Å². The summed E-state index contributed by atoms with van der Waals surface area (Å²) in [5.41, 5.74) is 7.30. The SMILES string of the molecule is CCc1ccsc1C(NN)c1ccccc1C1CCC1. The van der Waals surface area contributed by atoms with Crippen LogP contribution in [-0.2, 0) is 6.42 Å². The van der Waals surface area contributed by atoms with Gasteiger partial charge in [-0.2, -0.15) is 0 Å². The van der Waals surface area contributed by atoms with E-state index in [1.807, 2.05) is 0 Å². The van der Waals surface area contributed by atoms with E-state index >= 15 is 0 Å². The molecule has 1 saturated carbocycles. The number of hydrazine groups is 1. The highest BCUT2D eigenvalue weighted by Crippen LogP contribution is 2.41. The molecule has 0 bridgehead atoms. The molecule has 0 radical (unpaired) electrons. The summed E-state index contributed by atoms with van der Waals surface area (Å²) in [5, 5.41) is 2.17. The molecule has 106 valence electrons. The van der Waals surface area contributed by atoms with E-state index in [9.17, 15) is 0 Å². The second-order valence-electron chi connectivity index (χ2n) is 5.52. The van der Waals surface area contributed by atoms with E-state index in [1.54, 1.807) is 11.3 Å². The van der Waals surface area contributed by atoms with Gasteiger partial charge in [-0.15, -0.1) is 11.3 Å². The number of hydrogen-bond donors (Lipinski definition) is 2. The average molecular weight is 286 g/mol. The number of benzene rings is 1. The molecule has 20 heavy (non-hydrogen) atoms. The lowest BCUT2D eigenvalue weighted by atomic mass is 9.77. The molecule has 0 saturated heterocycles. The maximum Gasteiger partial charge on any atom is 0.0808 e. The predicted octanol–water partition coefficient (Wildman–Crippen LogP) is 4.13. The van der Waals surface area contributed by atoms with Crippen LogP contribution >= 0.6 is 11.3 Å². The Bertz CT molecular complexity index is 572. The normalized spacial score (nSPS) is 16.9. The third kappa shape index (κ3) is 2.41. The molecule has 2 nitrogen and oxygen atoms in total. The Kier molecular flexibility index (Phi) is 4.20. The molecule has 0 spiro atoms. The lowest BCUT2D eigenvalue weighted by Gasteiger charge is -2.30. The van der Waals surface area contributed by atoms with Crippen LogP contribution in [-0.4, -0.2) is 0 Å². The summed E-state index contributed by atoms with van der Waals surface area (Å²) in [4.78, 5) is 1.36. The molecule has 1 aromatic heterocycles. The lowest BCUT2D eigenvalue weighted by Crippen LogP contribution is -2.30. The summed E-state index contributed by atoms with van der Waals surface area (Å²) in [6, 6.07) is 11.1. The zero-order valence-corrected chi connectivity index (χ0v) is 12.7. The van der Waals surface area contributed by atoms with Crippen LogP contribution in [0, 0.1) is 0 Å². The molecular formula is C17H22N2S. The molecule has 3 rings (SSSR count). The van der Waals surface area contributed by atoms with Crippen LogP contribution in [0.25, 0.3) is 0 Å². The topological polar surface area (TPSA) is 38.0 Å². The molecule has 0 amide bonds. The van der Waals surface area contributed by atoms with E-state index in [-0.39, 0.29) is 6.04 Å². The molecule has 1 heterocycles. The Balaban J connectivity index is 2.01. The molecule has 1 aliphatic rings. The van der Waals surface area contributed by atoms with E-state index in [2.05, 4.69) is 48.1 Å². The maximum atomic E-state index is 5.90. The number of rotatable bonds is 5. The number of hydrogen-bond acceptors (Lipinski definition) is 3. The Morgan fingerprint density at radius 2 is 2.10 bits per heavy atom. The third-order valence-corrected chi connectivity index (χ3v) is 5.47. The number of aryl methyl sites for hydroxylation is 1. The smallest absolute Gasteiger partial charge is 0.0808 e. The summed E-state index contributed by atoms with van der Waals surface area (Å²) in [7, 11) is 0. The lowest BCUT2D eigenvalue weighted by molar-refractivity contribution is 0.414. The highest BCUT2D eigenvalue weighted by molar-refractivity contribution is 7.10. The molecule has 1 aromatic carbocycles. The zero-order valence-electron chi connectivity index (χ0n) is 11.9. The Morgan fingerprint density at radius 1 is 1.30 bits per heavy atom. The van der Waals surface area contributed by atoms with Crippen molar-refractivity contribution in [2.45, 2.75) is 44.6 Å². The van der Waals surface area contributed by atoms with Crippen LogP contribution in [0.1, 0.15) is 59.7 Å². The standard InChI is InChI=1S/C17H22N2S/c1-2-12-10-11-20-17(12)16(19-18)15-9-4-3-8-14(15)13-6-5-7-13/h3-4,8-11,13,16,19H,2,5-7,18H2,1H3. The van der Waals surface area contributed by atoms with Crippen LogP contribution in [0.5, 0.6) is 0 Å². The van der Waals surface area contributed by atoms with Crippen LogP contribution in [0.4, 0.5) is 0 Å². The average Bonchev–Trinajstić information content (AvgIpc) is 2.88. The van der Waals surface area contributed by atoms with Crippen molar-refractivity contribution < 1.29 is 0 Å². The van der Waals surface area contributed by atoms with Crippen molar-refractivity contribution >= 4 is 11.3 Å². The number of nitrogens with one attached hydrogen (secondary N) is 1. The van der Waals surface area contributed by atoms with Gasteiger partial charge in [-0.1, -0.05) is 37.6 Å². The van der Waals surface area contributed by atoms with Crippen molar-refractivity contribution in [2.24, 2.45) is 5.84 Å². The first-order chi connectivity index (χ1) is 9.85. The minimum atomic E-state index is 0.127. The van der Waals surface area contributed by atoms with Crippen molar-refractivity contribution in [1.82, 2.24) is 5.43 Å². The summed E-state index contributed by atoms with van der Waals surface area (Å²) in [6.07, 6.45) is 5.06. The van der Waals surface area contributed by atoms with Gasteiger partial charge in [0, 0.05) is 4.88 Å². The summed E-state index contributed by atoms with van der Waals surface area (Å²) < 4.78 is 0. The fraction of sp³-hybridized carbons (Fsp3) is 0.412. The van der Waals surface area contributed by atoms with Crippen molar-refractivity contribution in [3.05, 3.63) is 57.3 Å². The molecule has 1 aliphatic carbocycles. The van der Waals surface area contributed by atoms with E-state index < -0.39 is 0 Å². The molecule has 2 aromatic rings. The summed E-state index contributed by atoms with van der Waals surface area (Å²) >= 11 is 1.81. The number of nitrogens with two attached hydrogens (primary N) is 1. The van der Waals surface area contributed by atoms with Crippen LogP contribution in [0.3, 0.4) is 0 Å². The summed E-state index contributed by atoms with van der Waals surface area (Å²) in [5.74, 6) is 6.63. The predicted molar refractivity (Wildman–Crippen MR) is 85.9 cm³/mol. The molecule has 1 unspecified atom stereocenters. The second-order valence-corrected chi connectivity index (χ2v) is 6.47. The first kappa shape index (κ1) is 13.8. The van der Waals surface area contributed by atoms with Crippen LogP contribution in [0.15, 0.2) is 35.7 Å². The van der Waals surface area contributed by atoms with Crippen LogP contribution in [0.2, 0.25) is 0 Å². The third-order valence-electron chi connectivity index (χ3n) is 4.44. The van der Waals surface area contributed by atoms with Gasteiger partial charge in [-0.05, 0) is 53.3 Å². The molecule has 1 fully saturated rings. The van der Waals surface area contributed by atoms with Gasteiger partial charge in [-0.25, -0.2) is 5.43 Å². The van der Waals surface area contributed by atoms with E-state index in [4.69, 9.17) is 5.84 Å². The van der Waals surface area contributed by atoms with Gasteiger partial charge in [-0.3, -0.25) is 5.84 Å². The first-order valence-electron chi connectivity index (χ1n) is 7.46. The fourth-order valence-corrected chi connectivity index (χ4v) is 4.14. The Morgan fingerprint density at radius 3 is 2.75 bits per heavy atom. The van der Waals surface area contributed by atoms with E-state index in [0.29, 0.717) is 0 Å². The van der Waals surface area contributed by atoms with Crippen molar-refractivity contribution in [3.8, 4) is 0 Å². The largest absolute Gasteiger partial charge is 0.271 e. The highest BCUT2D eigenvalue weighted by Gasteiger charge is 2.26. The second kappa shape index (κ2) is 6.08. The van der Waals surface area contributed by atoms with Crippen molar-refractivity contribution in [3.63, 3.8) is 0 Å². The minimum absolute atomic E-state index is 0.127. The summed E-state index contributed by atoms with van der Waals surface area (Å²) in [6.45, 7) is 2.21. The fourth-order valence-electron chi connectivity index (χ4n) is 3.06. The van der Waals surface area contributed by atoms with Crippen LogP contribution < -0.4 is 11.3 Å². The molecule has 3 heteroatoms. The van der Waals surface area contributed by atoms with Gasteiger partial charge in [0.2, 0.25) is 0 Å². The molecule has 0 aliphatic heterocycles. The van der Waals surface area contributed by atoms with Gasteiger partial charge in [0.05, 0.1) is 6.04 Å². The van der Waals surface area contributed by atoms with Gasteiger partial charge in [0.25, 0.3) is 0 Å². The van der Waals surface area contributed by atoms with Gasteiger partial charge < -0.3 is 0 Å². The number of thiophene rings is 1. The van der Waals surface area contributed by atoms with Gasteiger partial charge in [0.15, 0.2) is 0 Å². The highest BCUT2D eigenvalue weighted by atomic mass is 32.1. The Hall–Kier alpha value is -1.16. The Labute approximate surface area is 125 Å². The minimum Gasteiger partial charge on any atom is -0.271 e. The van der Waals surface area contributed by atoms with Gasteiger partial charge >= 0.3 is 0 Å². The monoisotopic (exact) mass is 286 g/mol. The molecule has 3 N–H and O–H groups in total. The van der Waals surface area contributed by atoms with Gasteiger partial charge in [0.1, 0.15) is 0 Å². The quantitative estimate of drug-likeness (QED) is 0.640. The van der Waals surface area contributed by atoms with E-state index in [0.717, 1.165) is 12.3 Å². The molecule has 1 atom stereocenters. The molecular weight excluding hydrogens is 264 g/mol. The van der Waals surface area contributed by atoms with Crippen molar-refractivity contribution in [1.29, 1.82) is 0 Å². The van der Waals surface area contributed by atoms with Crippen molar-refractivity contribution in [2.75, 3.05) is 0 Å².